The highest BCUT2D eigenvalue weighted by molar-refractivity contribution is 8.00. The summed E-state index contributed by atoms with van der Waals surface area (Å²) in [7, 11) is 4.35. The minimum atomic E-state index is -1.86. The molecule has 3 heterocycles. The Morgan fingerprint density at radius 1 is 1.23 bits per heavy atom. The van der Waals surface area contributed by atoms with Crippen LogP contribution >= 0.6 is 23.4 Å². The number of amides is 3. The molecular weight excluding hydrogens is 762 g/mol. The Morgan fingerprint density at radius 2 is 1.91 bits per heavy atom. The van der Waals surface area contributed by atoms with Crippen molar-refractivity contribution in [3.05, 3.63) is 52.1 Å². The van der Waals surface area contributed by atoms with E-state index in [2.05, 4.69) is 26.1 Å². The van der Waals surface area contributed by atoms with Crippen molar-refractivity contribution in [2.24, 2.45) is 11.8 Å². The van der Waals surface area contributed by atoms with Crippen molar-refractivity contribution in [3.63, 3.8) is 0 Å². The number of nitrogens with zero attached hydrogens (tertiary/aromatic N) is 2. The number of carbonyl (C=O) groups is 4. The largest absolute Gasteiger partial charge is 0.457 e. The highest BCUT2D eigenvalue weighted by Gasteiger charge is 2.64. The van der Waals surface area contributed by atoms with Crippen LogP contribution in [0.5, 0.6) is 0 Å². The van der Waals surface area contributed by atoms with Crippen LogP contribution < -0.4 is 10.2 Å². The Balaban J connectivity index is 0.00000428. The number of epoxide rings is 1. The maximum atomic E-state index is 14.2. The summed E-state index contributed by atoms with van der Waals surface area (Å²) in [6.07, 6.45) is 2.40. The van der Waals surface area contributed by atoms with Crippen LogP contribution in [-0.2, 0) is 41.6 Å². The quantitative estimate of drug-likeness (QED) is 0.172. The molecule has 1 aromatic rings. The fourth-order valence-corrected chi connectivity index (χ4v) is 8.82. The maximum Gasteiger partial charge on any atom is 0.409 e. The number of ether oxygens (including phenoxy) is 3. The molecular formula is C41H62ClN3O10S. The first-order chi connectivity index (χ1) is 26.7. The van der Waals surface area contributed by atoms with Crippen LogP contribution in [0.2, 0.25) is 5.02 Å². The van der Waals surface area contributed by atoms with E-state index in [1.54, 1.807) is 70.9 Å². The second-order valence-corrected chi connectivity index (χ2v) is 18.1. The average Bonchev–Trinajstić information content (AvgIpc) is 3.86. The Morgan fingerprint density at radius 3 is 2.54 bits per heavy atom. The van der Waals surface area contributed by atoms with Gasteiger partial charge in [-0.25, -0.2) is 9.59 Å². The Bertz CT molecular complexity index is 1660. The van der Waals surface area contributed by atoms with Gasteiger partial charge in [-0.15, -0.1) is 0 Å². The number of nitrogens with one attached hydrogen (secondary N) is 1. The number of carbonyl (C=O) groups excluding carboxylic acids is 4. The number of benzene rings is 1. The number of aliphatic hydroxyl groups excluding tert-OH is 2. The van der Waals surface area contributed by atoms with Gasteiger partial charge in [0.2, 0.25) is 11.8 Å². The summed E-state index contributed by atoms with van der Waals surface area (Å²) < 4.78 is 23.8. The van der Waals surface area contributed by atoms with Gasteiger partial charge in [0.05, 0.1) is 36.4 Å². The van der Waals surface area contributed by atoms with Crippen LogP contribution in [0.3, 0.4) is 0 Å². The summed E-state index contributed by atoms with van der Waals surface area (Å²) in [5.41, 5.74) is -0.697. The first-order valence-corrected chi connectivity index (χ1v) is 20.2. The molecule has 9 atom stereocenters. The van der Waals surface area contributed by atoms with E-state index < -0.39 is 72.1 Å². The molecule has 3 aliphatic rings. The van der Waals surface area contributed by atoms with Crippen molar-refractivity contribution in [1.82, 2.24) is 10.2 Å². The Kier molecular flexibility index (Phi) is 15.9. The van der Waals surface area contributed by atoms with Crippen molar-refractivity contribution in [1.29, 1.82) is 0 Å². The smallest absolute Gasteiger partial charge is 0.409 e. The number of alkyl carbamates (subject to hydrolysis) is 1. The van der Waals surface area contributed by atoms with E-state index in [0.29, 0.717) is 29.3 Å². The SMILES string of the molecule is C/C1=C\C=C\[C@@H](CO)[C@@]2(O)C[C@H](OC(=O)N2)[C@@H](C)[C@@H]2O[C@@]2(C)[C@@H](OC(=O)[C@H](C)N(C)C(=O)CCC(C)SC(C)C)CC(=O)N(C)c2cc(cc(CO)c2Cl)C1.[2H]C. The third-order valence-corrected chi connectivity index (χ3v) is 12.7. The van der Waals surface area contributed by atoms with Crippen LogP contribution in [-0.4, -0.2) is 111 Å². The van der Waals surface area contributed by atoms with Gasteiger partial charge in [0.15, 0.2) is 5.72 Å². The summed E-state index contributed by atoms with van der Waals surface area (Å²) in [4.78, 5) is 56.7. The molecule has 4 bridgehead atoms. The topological polar surface area (TPSA) is 178 Å². The fraction of sp³-hybridized carbons (Fsp3) is 0.659. The number of hydrogen-bond acceptors (Lipinski definition) is 11. The number of rotatable bonds is 10. The molecule has 0 saturated carbocycles. The molecule has 3 amide bonds. The zero-order valence-corrected chi connectivity index (χ0v) is 35.9. The molecule has 2 saturated heterocycles. The van der Waals surface area contributed by atoms with Gasteiger partial charge in [-0.2, -0.15) is 11.8 Å². The maximum absolute atomic E-state index is 14.2. The van der Waals surface area contributed by atoms with Crippen LogP contribution in [0.25, 0.3) is 0 Å². The van der Waals surface area contributed by atoms with Crippen molar-refractivity contribution in [2.45, 2.75) is 141 Å². The number of esters is 1. The number of aliphatic hydroxyl groups is 3. The molecule has 4 N–H and O–H groups in total. The highest BCUT2D eigenvalue weighted by Crippen LogP contribution is 2.49. The van der Waals surface area contributed by atoms with Crippen molar-refractivity contribution >= 4 is 52.9 Å². The van der Waals surface area contributed by atoms with Crippen LogP contribution in [0, 0.1) is 11.8 Å². The molecule has 13 nitrogen and oxygen atoms in total. The second kappa shape index (κ2) is 19.5. The molecule has 4 rings (SSSR count). The van der Waals surface area contributed by atoms with E-state index >= 15 is 0 Å². The van der Waals surface area contributed by atoms with E-state index in [4.69, 9.17) is 27.2 Å². The zero-order valence-electron chi connectivity index (χ0n) is 35.3. The van der Waals surface area contributed by atoms with Gasteiger partial charge in [-0.1, -0.05) is 76.6 Å². The lowest BCUT2D eigenvalue weighted by Gasteiger charge is -2.42. The first kappa shape index (κ1) is 45.6. The molecule has 1 unspecified atom stereocenters. The van der Waals surface area contributed by atoms with Gasteiger partial charge in [-0.3, -0.25) is 14.9 Å². The van der Waals surface area contributed by atoms with E-state index in [1.165, 1.54) is 17.2 Å². The molecule has 0 spiro atoms. The summed E-state index contributed by atoms with van der Waals surface area (Å²) in [5.74, 6) is -2.86. The van der Waals surface area contributed by atoms with Gasteiger partial charge < -0.3 is 39.3 Å². The van der Waals surface area contributed by atoms with Gasteiger partial charge in [0, 0.05) is 45.4 Å². The van der Waals surface area contributed by atoms with Crippen molar-refractivity contribution < 1.29 is 50.1 Å². The molecule has 2 fully saturated rings. The molecule has 56 heavy (non-hydrogen) atoms. The van der Waals surface area contributed by atoms with Crippen molar-refractivity contribution in [3.8, 4) is 0 Å². The summed E-state index contributed by atoms with van der Waals surface area (Å²) in [6, 6.07) is 2.53. The number of thioether (sulfide) groups is 1. The zero-order chi connectivity index (χ0) is 43.0. The molecule has 1 aromatic carbocycles. The number of likely N-dealkylation sites (N-methyl/N-ethyl adjacent to an activating group) is 1. The highest BCUT2D eigenvalue weighted by atomic mass is 35.5. The van der Waals surface area contributed by atoms with Crippen LogP contribution in [0.1, 0.15) is 94.0 Å². The minimum absolute atomic E-state index is 0.0905. The van der Waals surface area contributed by atoms with Crippen LogP contribution in [0.15, 0.2) is 35.9 Å². The standard InChI is InChI=1S/C40H58ClN3O10S.CH4/c1-22(2)55-24(4)13-14-33(47)43(8)26(6)37(49)53-32-18-34(48)44(9)30-17-27(16-28(20-45)35(30)41)15-23(3)11-10-12-29(21-46)40(51)19-31(52-38(50)42-40)25(5)36-39(32,7)54-36;/h10-12,16-17,22,24-26,29,31-32,36,45-46,51H,13-15,18-21H2,1-9H3,(H,42,50);1H4/b12-10+,23-11+;/t24?,25-,26+,29+,31+,32+,36+,39+,40+;/m1./s1/i;1D. The number of hydrogen-bond donors (Lipinski definition) is 4. The summed E-state index contributed by atoms with van der Waals surface area (Å²) >= 11 is 8.51. The summed E-state index contributed by atoms with van der Waals surface area (Å²) in [5, 5.41) is 35.6. The minimum Gasteiger partial charge on any atom is -0.457 e. The number of allylic oxidation sites excluding steroid dienone is 3. The molecule has 3 aliphatic heterocycles. The molecule has 0 aromatic heterocycles. The van der Waals surface area contributed by atoms with Gasteiger partial charge in [0.25, 0.3) is 0 Å². The Labute approximate surface area is 342 Å². The lowest BCUT2D eigenvalue weighted by atomic mass is 9.81. The second-order valence-electron chi connectivity index (χ2n) is 15.7. The Hall–Kier alpha value is -3.14. The van der Waals surface area contributed by atoms with Gasteiger partial charge in [-0.05, 0) is 56.1 Å². The number of halogens is 1. The van der Waals surface area contributed by atoms with Crippen molar-refractivity contribution in [2.75, 3.05) is 25.6 Å². The lowest BCUT2D eigenvalue weighted by molar-refractivity contribution is -0.162. The average molecular weight is 825 g/mol. The number of fused-ring (bicyclic) bond motifs is 5. The van der Waals surface area contributed by atoms with E-state index in [0.717, 1.165) is 11.1 Å². The molecule has 15 heteroatoms. The summed E-state index contributed by atoms with van der Waals surface area (Å²) in [6.45, 7) is 12.4. The third-order valence-electron chi connectivity index (χ3n) is 11.0. The van der Waals surface area contributed by atoms with Gasteiger partial charge in [0.1, 0.15) is 23.9 Å². The molecule has 0 radical (unpaired) electrons. The third kappa shape index (κ3) is 11.1. The normalized spacial score (nSPS) is 30.8. The van der Waals surface area contributed by atoms with E-state index in [-0.39, 0.29) is 42.0 Å². The predicted octanol–water partition coefficient (Wildman–Crippen LogP) is 5.54. The first-order valence-electron chi connectivity index (χ1n) is 19.9. The number of anilines is 1. The van der Waals surface area contributed by atoms with Crippen LogP contribution in [0.4, 0.5) is 10.5 Å². The monoisotopic (exact) mass is 824 g/mol. The van der Waals surface area contributed by atoms with Gasteiger partial charge >= 0.3 is 12.1 Å². The molecule has 0 aliphatic carbocycles. The fourth-order valence-electron chi connectivity index (χ4n) is 7.34. The van der Waals surface area contributed by atoms with E-state index in [1.807, 2.05) is 13.0 Å². The predicted molar refractivity (Wildman–Crippen MR) is 218 cm³/mol. The lowest BCUT2D eigenvalue weighted by Crippen LogP contribution is -2.62. The molecule has 314 valence electrons. The van der Waals surface area contributed by atoms with E-state index in [9.17, 15) is 34.5 Å².